The summed E-state index contributed by atoms with van der Waals surface area (Å²) in [6.45, 7) is 0.714. The van der Waals surface area contributed by atoms with Gasteiger partial charge in [-0.15, -0.1) is 0 Å². The molecule has 0 spiro atoms. The molecule has 1 aliphatic rings. The maximum absolute atomic E-state index is 12.6. The van der Waals surface area contributed by atoms with Gasteiger partial charge < -0.3 is 9.64 Å². The third kappa shape index (κ3) is 3.71. The largest absolute Gasteiger partial charge is 0.469 e. The molecule has 0 bridgehead atoms. The van der Waals surface area contributed by atoms with Crippen molar-refractivity contribution >= 4 is 34.5 Å². The molecule has 1 saturated heterocycles. The molecular formula is C15H18INO3. The van der Waals surface area contributed by atoms with E-state index in [1.807, 2.05) is 29.2 Å². The first-order chi connectivity index (χ1) is 9.61. The molecule has 1 unspecified atom stereocenters. The Morgan fingerprint density at radius 1 is 1.40 bits per heavy atom. The Morgan fingerprint density at radius 2 is 2.20 bits per heavy atom. The van der Waals surface area contributed by atoms with Crippen LogP contribution in [0, 0.1) is 3.57 Å². The van der Waals surface area contributed by atoms with Crippen LogP contribution in [0.25, 0.3) is 0 Å². The minimum Gasteiger partial charge on any atom is -0.469 e. The fraction of sp³-hybridized carbons (Fsp3) is 0.467. The molecule has 1 atom stereocenters. The molecule has 2 rings (SSSR count). The molecule has 1 fully saturated rings. The summed E-state index contributed by atoms with van der Waals surface area (Å²) in [7, 11) is 1.39. The number of esters is 1. The van der Waals surface area contributed by atoms with Gasteiger partial charge in [-0.3, -0.25) is 9.59 Å². The molecule has 1 heterocycles. The zero-order chi connectivity index (χ0) is 14.5. The van der Waals surface area contributed by atoms with Crippen LogP contribution in [0.2, 0.25) is 0 Å². The molecule has 0 radical (unpaired) electrons. The molecule has 0 saturated carbocycles. The average molecular weight is 387 g/mol. The van der Waals surface area contributed by atoms with E-state index in [1.165, 1.54) is 7.11 Å². The van der Waals surface area contributed by atoms with E-state index in [1.54, 1.807) is 0 Å². The first-order valence-electron chi connectivity index (χ1n) is 6.75. The SMILES string of the molecule is COC(=O)CC1CCCCN1C(=O)c1cccc(I)c1. The average Bonchev–Trinajstić information content (AvgIpc) is 2.47. The van der Waals surface area contributed by atoms with E-state index in [9.17, 15) is 9.59 Å². The smallest absolute Gasteiger partial charge is 0.307 e. The van der Waals surface area contributed by atoms with Gasteiger partial charge in [0, 0.05) is 21.7 Å². The van der Waals surface area contributed by atoms with Gasteiger partial charge in [0.1, 0.15) is 0 Å². The summed E-state index contributed by atoms with van der Waals surface area (Å²) >= 11 is 2.20. The van der Waals surface area contributed by atoms with Crippen LogP contribution in [-0.4, -0.2) is 36.5 Å². The minimum absolute atomic E-state index is 0.0112. The number of hydrogen-bond donors (Lipinski definition) is 0. The van der Waals surface area contributed by atoms with Crippen molar-refractivity contribution in [2.24, 2.45) is 0 Å². The molecule has 108 valence electrons. The Kier molecular flexibility index (Phi) is 5.39. The van der Waals surface area contributed by atoms with E-state index in [0.717, 1.165) is 22.8 Å². The zero-order valence-electron chi connectivity index (χ0n) is 11.5. The second kappa shape index (κ2) is 7.06. The molecule has 1 aliphatic heterocycles. The Bertz CT molecular complexity index is 504. The third-order valence-corrected chi connectivity index (χ3v) is 4.26. The monoisotopic (exact) mass is 387 g/mol. The summed E-state index contributed by atoms with van der Waals surface area (Å²) in [4.78, 5) is 25.9. The van der Waals surface area contributed by atoms with Crippen LogP contribution in [0.1, 0.15) is 36.0 Å². The van der Waals surface area contributed by atoms with Crippen LogP contribution in [-0.2, 0) is 9.53 Å². The van der Waals surface area contributed by atoms with Gasteiger partial charge in [0.05, 0.1) is 13.5 Å². The van der Waals surface area contributed by atoms with Crippen molar-refractivity contribution in [2.45, 2.75) is 31.7 Å². The van der Waals surface area contributed by atoms with Gasteiger partial charge in [0.2, 0.25) is 0 Å². The van der Waals surface area contributed by atoms with E-state index in [-0.39, 0.29) is 24.3 Å². The summed E-state index contributed by atoms with van der Waals surface area (Å²) in [6, 6.07) is 7.51. The van der Waals surface area contributed by atoms with Gasteiger partial charge in [0.25, 0.3) is 5.91 Å². The molecule has 1 aromatic rings. The van der Waals surface area contributed by atoms with E-state index >= 15 is 0 Å². The Morgan fingerprint density at radius 3 is 2.90 bits per heavy atom. The zero-order valence-corrected chi connectivity index (χ0v) is 13.6. The molecule has 0 aromatic heterocycles. The van der Waals surface area contributed by atoms with Gasteiger partial charge in [-0.1, -0.05) is 6.07 Å². The second-order valence-electron chi connectivity index (χ2n) is 4.94. The number of halogens is 1. The normalized spacial score (nSPS) is 18.7. The number of methoxy groups -OCH3 is 1. The van der Waals surface area contributed by atoms with Crippen molar-refractivity contribution in [3.63, 3.8) is 0 Å². The molecule has 0 aliphatic carbocycles. The Labute approximate surface area is 132 Å². The van der Waals surface area contributed by atoms with Crippen molar-refractivity contribution in [3.8, 4) is 0 Å². The van der Waals surface area contributed by atoms with Gasteiger partial charge in [-0.05, 0) is 60.1 Å². The van der Waals surface area contributed by atoms with Crippen molar-refractivity contribution < 1.29 is 14.3 Å². The summed E-state index contributed by atoms with van der Waals surface area (Å²) < 4.78 is 5.76. The van der Waals surface area contributed by atoms with Crippen molar-refractivity contribution in [3.05, 3.63) is 33.4 Å². The highest BCUT2D eigenvalue weighted by molar-refractivity contribution is 14.1. The van der Waals surface area contributed by atoms with E-state index < -0.39 is 0 Å². The first kappa shape index (κ1) is 15.3. The van der Waals surface area contributed by atoms with Crippen molar-refractivity contribution in [1.29, 1.82) is 0 Å². The highest BCUT2D eigenvalue weighted by Gasteiger charge is 2.29. The van der Waals surface area contributed by atoms with Crippen molar-refractivity contribution in [1.82, 2.24) is 4.90 Å². The van der Waals surface area contributed by atoms with Crippen LogP contribution < -0.4 is 0 Å². The predicted molar refractivity (Wildman–Crippen MR) is 84.5 cm³/mol. The molecular weight excluding hydrogens is 369 g/mol. The number of nitrogens with zero attached hydrogens (tertiary/aromatic N) is 1. The number of carbonyl (C=O) groups excluding carboxylic acids is 2. The number of carbonyl (C=O) groups is 2. The number of likely N-dealkylation sites (tertiary alicyclic amines) is 1. The Balaban J connectivity index is 2.15. The summed E-state index contributed by atoms with van der Waals surface area (Å²) in [5.41, 5.74) is 0.689. The lowest BCUT2D eigenvalue weighted by Crippen LogP contribution is -2.44. The molecule has 5 heteroatoms. The fourth-order valence-corrected chi connectivity index (χ4v) is 3.09. The maximum Gasteiger partial charge on any atom is 0.307 e. The Hall–Kier alpha value is -1.11. The van der Waals surface area contributed by atoms with Crippen LogP contribution in [0.3, 0.4) is 0 Å². The van der Waals surface area contributed by atoms with Gasteiger partial charge >= 0.3 is 5.97 Å². The number of amides is 1. The van der Waals surface area contributed by atoms with Crippen LogP contribution in [0.5, 0.6) is 0 Å². The summed E-state index contributed by atoms with van der Waals surface area (Å²) in [6.07, 6.45) is 3.20. The topological polar surface area (TPSA) is 46.6 Å². The summed E-state index contributed by atoms with van der Waals surface area (Å²) in [5.74, 6) is -0.241. The quantitative estimate of drug-likeness (QED) is 0.592. The number of ether oxygens (including phenoxy) is 1. The molecule has 4 nitrogen and oxygen atoms in total. The lowest BCUT2D eigenvalue weighted by atomic mass is 9.98. The lowest BCUT2D eigenvalue weighted by Gasteiger charge is -2.35. The number of benzene rings is 1. The van der Waals surface area contributed by atoms with Crippen LogP contribution in [0.15, 0.2) is 24.3 Å². The molecule has 0 N–H and O–H groups in total. The molecule has 1 aromatic carbocycles. The molecule has 1 amide bonds. The second-order valence-corrected chi connectivity index (χ2v) is 6.18. The summed E-state index contributed by atoms with van der Waals surface area (Å²) in [5, 5.41) is 0. The van der Waals surface area contributed by atoms with Gasteiger partial charge in [-0.25, -0.2) is 0 Å². The first-order valence-corrected chi connectivity index (χ1v) is 7.83. The van der Waals surface area contributed by atoms with Gasteiger partial charge in [0.15, 0.2) is 0 Å². The van der Waals surface area contributed by atoms with Crippen molar-refractivity contribution in [2.75, 3.05) is 13.7 Å². The highest BCUT2D eigenvalue weighted by Crippen LogP contribution is 2.23. The fourth-order valence-electron chi connectivity index (χ4n) is 2.54. The minimum atomic E-state index is -0.252. The van der Waals surface area contributed by atoms with E-state index in [4.69, 9.17) is 4.74 Å². The van der Waals surface area contributed by atoms with Crippen LogP contribution in [0.4, 0.5) is 0 Å². The third-order valence-electron chi connectivity index (χ3n) is 3.59. The lowest BCUT2D eigenvalue weighted by molar-refractivity contribution is -0.142. The standard InChI is InChI=1S/C15H18INO3/c1-20-14(18)10-13-7-2-3-8-17(13)15(19)11-5-4-6-12(16)9-11/h4-6,9,13H,2-3,7-8,10H2,1H3. The van der Waals surface area contributed by atoms with E-state index in [0.29, 0.717) is 12.1 Å². The number of hydrogen-bond acceptors (Lipinski definition) is 3. The van der Waals surface area contributed by atoms with E-state index in [2.05, 4.69) is 22.6 Å². The predicted octanol–water partition coefficient (Wildman–Crippen LogP) is 2.85. The highest BCUT2D eigenvalue weighted by atomic mass is 127. The number of piperidine rings is 1. The van der Waals surface area contributed by atoms with Crippen LogP contribution >= 0.6 is 22.6 Å². The van der Waals surface area contributed by atoms with Gasteiger partial charge in [-0.2, -0.15) is 0 Å². The maximum atomic E-state index is 12.6. The number of rotatable bonds is 3. The molecule has 20 heavy (non-hydrogen) atoms.